The van der Waals surface area contributed by atoms with Crippen LogP contribution < -0.4 is 16.4 Å². The Balaban J connectivity index is 1.48. The van der Waals surface area contributed by atoms with Crippen LogP contribution in [0.1, 0.15) is 38.5 Å². The molecular weight excluding hydrogens is 326 g/mol. The van der Waals surface area contributed by atoms with Gasteiger partial charge in [-0.3, -0.25) is 9.59 Å². The maximum Gasteiger partial charge on any atom is 0.255 e. The van der Waals surface area contributed by atoms with E-state index in [4.69, 9.17) is 5.73 Å². The molecule has 138 valence electrons. The average molecular weight is 353 g/mol. The summed E-state index contributed by atoms with van der Waals surface area (Å²) < 4.78 is 0. The zero-order valence-electron chi connectivity index (χ0n) is 15.0. The van der Waals surface area contributed by atoms with E-state index in [0.29, 0.717) is 29.3 Å². The Kier molecular flexibility index (Phi) is 6.10. The fraction of sp³-hybridized carbons (Fsp3) is 0.429. The summed E-state index contributed by atoms with van der Waals surface area (Å²) in [6, 6.07) is 7.15. The van der Waals surface area contributed by atoms with Gasteiger partial charge >= 0.3 is 0 Å². The summed E-state index contributed by atoms with van der Waals surface area (Å²) in [5, 5.41) is 5.89. The van der Waals surface area contributed by atoms with Gasteiger partial charge in [-0.2, -0.15) is 0 Å². The highest BCUT2D eigenvalue weighted by Crippen LogP contribution is 2.24. The molecule has 1 fully saturated rings. The summed E-state index contributed by atoms with van der Waals surface area (Å²) in [5.74, 6) is 0.264. The molecule has 1 aromatic carbocycles. The van der Waals surface area contributed by atoms with Gasteiger partial charge in [-0.25, -0.2) is 0 Å². The number of amides is 2. The van der Waals surface area contributed by atoms with Crippen molar-refractivity contribution in [2.75, 3.05) is 17.6 Å². The molecule has 1 aromatic rings. The number of allylic oxidation sites excluding steroid dienone is 1. The molecule has 5 heteroatoms. The van der Waals surface area contributed by atoms with Crippen molar-refractivity contribution in [3.8, 4) is 0 Å². The van der Waals surface area contributed by atoms with E-state index in [9.17, 15) is 9.59 Å². The second kappa shape index (κ2) is 8.70. The first-order valence-corrected chi connectivity index (χ1v) is 9.45. The van der Waals surface area contributed by atoms with Gasteiger partial charge in [0, 0.05) is 12.1 Å². The number of para-hydroxylation sites is 2. The minimum atomic E-state index is -0.208. The third kappa shape index (κ3) is 4.75. The molecule has 26 heavy (non-hydrogen) atoms. The van der Waals surface area contributed by atoms with Gasteiger partial charge in [0.1, 0.15) is 0 Å². The molecule has 4 N–H and O–H groups in total. The van der Waals surface area contributed by atoms with Crippen molar-refractivity contribution in [1.82, 2.24) is 5.32 Å². The summed E-state index contributed by atoms with van der Waals surface area (Å²) >= 11 is 0. The third-order valence-corrected chi connectivity index (χ3v) is 5.20. The molecule has 0 bridgehead atoms. The lowest BCUT2D eigenvalue weighted by molar-refractivity contribution is -0.123. The van der Waals surface area contributed by atoms with Crippen molar-refractivity contribution >= 4 is 23.2 Å². The van der Waals surface area contributed by atoms with E-state index in [1.54, 1.807) is 18.2 Å². The summed E-state index contributed by atoms with van der Waals surface area (Å²) in [6.07, 6.45) is 12.2. The van der Waals surface area contributed by atoms with Crippen molar-refractivity contribution in [1.29, 1.82) is 0 Å². The third-order valence-electron chi connectivity index (χ3n) is 5.20. The van der Waals surface area contributed by atoms with Gasteiger partial charge in [0.05, 0.1) is 17.3 Å². The molecule has 1 saturated carbocycles. The molecule has 5 nitrogen and oxygen atoms in total. The van der Waals surface area contributed by atoms with Crippen LogP contribution in [-0.2, 0) is 9.59 Å². The number of nitrogen functional groups attached to an aromatic ring is 1. The second-order valence-electron chi connectivity index (χ2n) is 7.15. The van der Waals surface area contributed by atoms with Gasteiger partial charge in [0.2, 0.25) is 5.91 Å². The molecule has 0 spiro atoms. The predicted molar refractivity (Wildman–Crippen MR) is 104 cm³/mol. The van der Waals surface area contributed by atoms with Crippen molar-refractivity contribution in [3.05, 3.63) is 48.1 Å². The van der Waals surface area contributed by atoms with E-state index >= 15 is 0 Å². The van der Waals surface area contributed by atoms with E-state index in [1.807, 2.05) is 24.3 Å². The second-order valence-corrected chi connectivity index (χ2v) is 7.15. The summed E-state index contributed by atoms with van der Waals surface area (Å²) in [6.45, 7) is 0.771. The largest absolute Gasteiger partial charge is 0.397 e. The lowest BCUT2D eigenvalue weighted by Gasteiger charge is -2.23. The van der Waals surface area contributed by atoms with Crippen LogP contribution in [0.2, 0.25) is 0 Å². The average Bonchev–Trinajstić information content (AvgIpc) is 2.69. The van der Waals surface area contributed by atoms with Gasteiger partial charge in [-0.05, 0) is 37.3 Å². The van der Waals surface area contributed by atoms with E-state index in [0.717, 1.165) is 6.54 Å². The standard InChI is InChI=1S/C21H27N3O2/c22-18-8-4-5-9-19(18)24-21(26)17-12-10-16(11-13-17)20(25)23-14-15-6-2-1-3-7-15/h4-5,8-10,12-13,15-16H,1-3,6-7,11,14,22H2,(H,23,25)(H,24,26). The van der Waals surface area contributed by atoms with Crippen molar-refractivity contribution in [2.24, 2.45) is 11.8 Å². The Hall–Kier alpha value is -2.56. The van der Waals surface area contributed by atoms with Crippen LogP contribution in [-0.4, -0.2) is 18.4 Å². The Morgan fingerprint density at radius 2 is 1.88 bits per heavy atom. The number of hydrogen-bond donors (Lipinski definition) is 3. The molecular formula is C21H27N3O2. The van der Waals surface area contributed by atoms with Crippen LogP contribution in [0.5, 0.6) is 0 Å². The molecule has 0 heterocycles. The normalized spacial score (nSPS) is 20.3. The van der Waals surface area contributed by atoms with Gasteiger partial charge in [-0.1, -0.05) is 49.6 Å². The zero-order chi connectivity index (χ0) is 18.4. The van der Waals surface area contributed by atoms with Crippen LogP contribution in [0.3, 0.4) is 0 Å². The van der Waals surface area contributed by atoms with E-state index in [-0.39, 0.29) is 17.7 Å². The predicted octanol–water partition coefficient (Wildman–Crippen LogP) is 3.41. The van der Waals surface area contributed by atoms with Crippen molar-refractivity contribution in [2.45, 2.75) is 38.5 Å². The Morgan fingerprint density at radius 3 is 2.58 bits per heavy atom. The quantitative estimate of drug-likeness (QED) is 0.709. The maximum absolute atomic E-state index is 12.3. The minimum absolute atomic E-state index is 0.0508. The zero-order valence-corrected chi connectivity index (χ0v) is 15.0. The molecule has 1 unspecified atom stereocenters. The number of nitrogens with one attached hydrogen (secondary N) is 2. The van der Waals surface area contributed by atoms with Crippen LogP contribution in [0.15, 0.2) is 48.1 Å². The highest BCUT2D eigenvalue weighted by atomic mass is 16.2. The lowest BCUT2D eigenvalue weighted by atomic mass is 9.89. The molecule has 0 radical (unpaired) electrons. The first-order valence-electron chi connectivity index (χ1n) is 9.45. The van der Waals surface area contributed by atoms with Gasteiger partial charge < -0.3 is 16.4 Å². The Morgan fingerprint density at radius 1 is 1.12 bits per heavy atom. The van der Waals surface area contributed by atoms with Gasteiger partial charge in [-0.15, -0.1) is 0 Å². The first-order chi connectivity index (χ1) is 12.6. The van der Waals surface area contributed by atoms with Crippen molar-refractivity contribution in [3.63, 3.8) is 0 Å². The Labute approximate surface area is 154 Å². The van der Waals surface area contributed by atoms with Crippen LogP contribution in [0.25, 0.3) is 0 Å². The van der Waals surface area contributed by atoms with E-state index < -0.39 is 0 Å². The molecule has 1 atom stereocenters. The number of hydrogen-bond acceptors (Lipinski definition) is 3. The topological polar surface area (TPSA) is 84.2 Å². The number of benzene rings is 1. The summed E-state index contributed by atoms with van der Waals surface area (Å²) in [5.41, 5.74) is 7.53. The van der Waals surface area contributed by atoms with E-state index in [2.05, 4.69) is 10.6 Å². The molecule has 0 aliphatic heterocycles. The van der Waals surface area contributed by atoms with E-state index in [1.165, 1.54) is 32.1 Å². The lowest BCUT2D eigenvalue weighted by Crippen LogP contribution is -2.34. The smallest absolute Gasteiger partial charge is 0.255 e. The SMILES string of the molecule is Nc1ccccc1NC(=O)C1=CCC(C(=O)NCC2CCCCC2)C=C1. The van der Waals surface area contributed by atoms with Crippen LogP contribution >= 0.6 is 0 Å². The number of carbonyl (C=O) groups is 2. The van der Waals surface area contributed by atoms with Crippen LogP contribution in [0.4, 0.5) is 11.4 Å². The van der Waals surface area contributed by atoms with Gasteiger partial charge in [0.25, 0.3) is 5.91 Å². The maximum atomic E-state index is 12.3. The first kappa shape index (κ1) is 18.2. The fourth-order valence-corrected chi connectivity index (χ4v) is 3.56. The number of nitrogens with two attached hydrogens (primary N) is 1. The summed E-state index contributed by atoms with van der Waals surface area (Å²) in [4.78, 5) is 24.7. The Bertz CT molecular complexity index is 718. The highest BCUT2D eigenvalue weighted by molar-refractivity contribution is 6.07. The molecule has 0 aromatic heterocycles. The van der Waals surface area contributed by atoms with Crippen molar-refractivity contribution < 1.29 is 9.59 Å². The molecule has 0 saturated heterocycles. The number of carbonyl (C=O) groups excluding carboxylic acids is 2. The molecule has 3 rings (SSSR count). The number of rotatable bonds is 5. The molecule has 2 aliphatic rings. The number of anilines is 2. The summed E-state index contributed by atoms with van der Waals surface area (Å²) in [7, 11) is 0. The highest BCUT2D eigenvalue weighted by Gasteiger charge is 2.21. The van der Waals surface area contributed by atoms with Crippen LogP contribution in [0, 0.1) is 11.8 Å². The fourth-order valence-electron chi connectivity index (χ4n) is 3.56. The molecule has 2 amide bonds. The van der Waals surface area contributed by atoms with Gasteiger partial charge in [0.15, 0.2) is 0 Å². The molecule has 2 aliphatic carbocycles. The minimum Gasteiger partial charge on any atom is -0.397 e. The monoisotopic (exact) mass is 353 g/mol.